The van der Waals surface area contributed by atoms with Crippen molar-refractivity contribution in [3.63, 3.8) is 0 Å². The lowest BCUT2D eigenvalue weighted by Gasteiger charge is -2.21. The van der Waals surface area contributed by atoms with Crippen LogP contribution in [0.2, 0.25) is 0 Å². The van der Waals surface area contributed by atoms with E-state index in [2.05, 4.69) is 113 Å². The number of carbonyl (C=O) groups excluding carboxylic acids is 4. The summed E-state index contributed by atoms with van der Waals surface area (Å²) in [6.07, 6.45) is 78.4. The van der Waals surface area contributed by atoms with Gasteiger partial charge in [-0.3, -0.25) is 37.3 Å². The highest BCUT2D eigenvalue weighted by Gasteiger charge is 2.30. The summed E-state index contributed by atoms with van der Waals surface area (Å²) < 4.78 is 68.6. The Bertz CT molecular complexity index is 2260. The van der Waals surface area contributed by atoms with Gasteiger partial charge < -0.3 is 33.8 Å². The van der Waals surface area contributed by atoms with Crippen LogP contribution < -0.4 is 0 Å². The Kier molecular flexibility index (Phi) is 72.7. The third-order valence-electron chi connectivity index (χ3n) is 17.3. The van der Waals surface area contributed by atoms with Crippen molar-refractivity contribution in [2.24, 2.45) is 0 Å². The van der Waals surface area contributed by atoms with E-state index >= 15 is 0 Å². The summed E-state index contributed by atoms with van der Waals surface area (Å²) in [6.45, 7) is 4.80. The maximum Gasteiger partial charge on any atom is 0.472 e. The fourth-order valence-electron chi connectivity index (χ4n) is 11.0. The number of phosphoric acid groups is 2. The highest BCUT2D eigenvalue weighted by Crippen LogP contribution is 2.45. The van der Waals surface area contributed by atoms with Crippen molar-refractivity contribution in [2.45, 2.75) is 380 Å². The van der Waals surface area contributed by atoms with Crippen molar-refractivity contribution in [1.29, 1.82) is 0 Å². The van der Waals surface area contributed by atoms with Crippen LogP contribution in [0.1, 0.15) is 362 Å². The molecule has 17 nitrogen and oxygen atoms in total. The molecule has 0 aromatic carbocycles. The molecular formula is C83H148O17P2. The molecule has 5 atom stereocenters. The summed E-state index contributed by atoms with van der Waals surface area (Å²) >= 11 is 0. The average molecular weight is 1480 g/mol. The van der Waals surface area contributed by atoms with Gasteiger partial charge in [-0.25, -0.2) is 9.13 Å². The Morgan fingerprint density at radius 2 is 0.490 bits per heavy atom. The van der Waals surface area contributed by atoms with Gasteiger partial charge in [-0.1, -0.05) is 299 Å². The smallest absolute Gasteiger partial charge is 0.462 e. The number of phosphoric ester groups is 2. The molecule has 0 aliphatic heterocycles. The molecule has 5 unspecified atom stereocenters. The first kappa shape index (κ1) is 98.2. The van der Waals surface area contributed by atoms with Crippen LogP contribution in [-0.4, -0.2) is 96.7 Å². The summed E-state index contributed by atoms with van der Waals surface area (Å²) in [5, 5.41) is 10.6. The van der Waals surface area contributed by atoms with Crippen molar-refractivity contribution in [3.05, 3.63) is 85.1 Å². The zero-order valence-electron chi connectivity index (χ0n) is 64.8. The first-order valence-electron chi connectivity index (χ1n) is 40.8. The van der Waals surface area contributed by atoms with E-state index in [9.17, 15) is 43.2 Å². The number of aliphatic hydroxyl groups is 1. The minimum absolute atomic E-state index is 0.0785. The Morgan fingerprint density at radius 3 is 0.794 bits per heavy atom. The van der Waals surface area contributed by atoms with Gasteiger partial charge in [-0.2, -0.15) is 0 Å². The Labute approximate surface area is 621 Å². The SMILES string of the molecule is CCCC/C=C\CCCCCCCC(=O)OC(COC(=O)CCCCCCCCCCCCCCC)COP(=O)(O)OCC(O)COP(=O)(O)OCC(COC(=O)CCCCCCCC/C=C\C/C=C\C/C=C\CCCCC)OC(=O)CCCCCCCC/C=C\C/C=C\C/C=C\CCCCC. The molecule has 3 N–H and O–H groups in total. The van der Waals surface area contributed by atoms with Crippen LogP contribution in [0.25, 0.3) is 0 Å². The monoisotopic (exact) mass is 1480 g/mol. The normalized spacial score (nSPS) is 14.3. The highest BCUT2D eigenvalue weighted by atomic mass is 31.2. The van der Waals surface area contributed by atoms with Crippen LogP contribution in [-0.2, 0) is 65.4 Å². The number of hydrogen-bond acceptors (Lipinski definition) is 15. The minimum atomic E-state index is -4.98. The fraction of sp³-hybridized carbons (Fsp3) is 0.783. The molecule has 0 fully saturated rings. The molecular weight excluding hydrogens is 1330 g/mol. The second-order valence-corrected chi connectivity index (χ2v) is 30.3. The molecule has 0 saturated heterocycles. The number of ether oxygens (including phenoxy) is 4. The van der Waals surface area contributed by atoms with E-state index in [0.717, 1.165) is 173 Å². The van der Waals surface area contributed by atoms with Gasteiger partial charge in [-0.05, 0) is 122 Å². The third-order valence-corrected chi connectivity index (χ3v) is 19.2. The van der Waals surface area contributed by atoms with Gasteiger partial charge in [-0.15, -0.1) is 0 Å². The van der Waals surface area contributed by atoms with Crippen molar-refractivity contribution in [2.75, 3.05) is 39.6 Å². The molecule has 0 aliphatic carbocycles. The molecule has 0 rings (SSSR count). The number of unbranched alkanes of at least 4 members (excludes halogenated alkanes) is 37. The van der Waals surface area contributed by atoms with Crippen LogP contribution in [0.3, 0.4) is 0 Å². The van der Waals surface area contributed by atoms with E-state index < -0.39 is 97.5 Å². The number of allylic oxidation sites excluding steroid dienone is 14. The quantitative estimate of drug-likeness (QED) is 0.0169. The van der Waals surface area contributed by atoms with E-state index in [1.807, 2.05) is 0 Å². The predicted octanol–water partition coefficient (Wildman–Crippen LogP) is 23.8. The topological polar surface area (TPSA) is 237 Å². The Balaban J connectivity index is 5.34. The molecule has 0 amide bonds. The van der Waals surface area contributed by atoms with E-state index in [-0.39, 0.29) is 25.7 Å². The van der Waals surface area contributed by atoms with Crippen LogP contribution >= 0.6 is 15.6 Å². The van der Waals surface area contributed by atoms with Crippen molar-refractivity contribution < 1.29 is 80.2 Å². The zero-order chi connectivity index (χ0) is 74.6. The molecule has 0 heterocycles. The van der Waals surface area contributed by atoms with Crippen molar-refractivity contribution in [3.8, 4) is 0 Å². The minimum Gasteiger partial charge on any atom is -0.462 e. The van der Waals surface area contributed by atoms with E-state index in [1.165, 1.54) is 109 Å². The highest BCUT2D eigenvalue weighted by molar-refractivity contribution is 7.47. The summed E-state index contributed by atoms with van der Waals surface area (Å²) in [7, 11) is -9.95. The number of rotatable bonds is 77. The summed E-state index contributed by atoms with van der Waals surface area (Å²) in [5.41, 5.74) is 0. The van der Waals surface area contributed by atoms with Crippen LogP contribution in [0.4, 0.5) is 0 Å². The Morgan fingerprint density at radius 1 is 0.275 bits per heavy atom. The lowest BCUT2D eigenvalue weighted by atomic mass is 10.0. The molecule has 0 saturated carbocycles. The third kappa shape index (κ3) is 74.5. The van der Waals surface area contributed by atoms with E-state index in [0.29, 0.717) is 25.7 Å². The molecule has 0 bridgehead atoms. The molecule has 0 aromatic heterocycles. The first-order valence-corrected chi connectivity index (χ1v) is 43.8. The lowest BCUT2D eigenvalue weighted by molar-refractivity contribution is -0.161. The Hall–Kier alpha value is -3.76. The van der Waals surface area contributed by atoms with Crippen LogP contribution in [0.15, 0.2) is 85.1 Å². The maximum absolute atomic E-state index is 13.1. The molecule has 0 spiro atoms. The maximum atomic E-state index is 13.1. The lowest BCUT2D eigenvalue weighted by Crippen LogP contribution is -2.30. The molecule has 19 heteroatoms. The van der Waals surface area contributed by atoms with Crippen molar-refractivity contribution in [1.82, 2.24) is 0 Å². The van der Waals surface area contributed by atoms with Crippen LogP contribution in [0.5, 0.6) is 0 Å². The summed E-state index contributed by atoms with van der Waals surface area (Å²) in [6, 6.07) is 0. The molecule has 0 radical (unpaired) electrons. The summed E-state index contributed by atoms with van der Waals surface area (Å²) in [4.78, 5) is 73.0. The second-order valence-electron chi connectivity index (χ2n) is 27.4. The van der Waals surface area contributed by atoms with Gasteiger partial charge in [0.05, 0.1) is 26.4 Å². The molecule has 592 valence electrons. The van der Waals surface area contributed by atoms with Gasteiger partial charge in [0, 0.05) is 25.7 Å². The van der Waals surface area contributed by atoms with Gasteiger partial charge in [0.15, 0.2) is 12.2 Å². The molecule has 0 aliphatic rings. The van der Waals surface area contributed by atoms with Gasteiger partial charge in [0.25, 0.3) is 0 Å². The van der Waals surface area contributed by atoms with Gasteiger partial charge in [0.2, 0.25) is 0 Å². The summed E-state index contributed by atoms with van der Waals surface area (Å²) in [5.74, 6) is -2.19. The number of esters is 4. The number of hydrogen-bond donors (Lipinski definition) is 3. The fourth-order valence-corrected chi connectivity index (χ4v) is 12.6. The predicted molar refractivity (Wildman–Crippen MR) is 418 cm³/mol. The van der Waals surface area contributed by atoms with Crippen LogP contribution in [0, 0.1) is 0 Å². The molecule has 102 heavy (non-hydrogen) atoms. The first-order chi connectivity index (χ1) is 49.7. The van der Waals surface area contributed by atoms with E-state index in [4.69, 9.17) is 37.0 Å². The number of aliphatic hydroxyl groups excluding tert-OH is 1. The second kappa shape index (κ2) is 75.5. The zero-order valence-corrected chi connectivity index (χ0v) is 66.6. The van der Waals surface area contributed by atoms with Gasteiger partial charge in [0.1, 0.15) is 19.3 Å². The standard InChI is InChI=1S/C83H148O17P2/c1-5-9-13-17-21-25-29-32-34-36-38-40-42-45-49-52-56-60-64-68-81(86)94-74-79(100-83(88)70-66-62-58-54-50-46-43-41-39-37-35-33-30-26-22-18-14-10-6-2)76-98-102(91,92)96-72-77(84)71-95-101(89,90)97-75-78(99-82(87)69-65-61-57-53-47-28-24-20-16-12-8-4)73-93-80(85)67-63-59-55-51-48-44-31-27-23-19-15-11-7-3/h20-22,24-26,32-35,38-41,77-79,84H,5-19,23,27-31,36-37,42-76H2,1-4H3,(H,89,90)(H,91,92)/b24-20-,25-21-,26-22-,34-32-,35-33-,40-38-,41-39-. The van der Waals surface area contributed by atoms with E-state index in [1.54, 1.807) is 0 Å². The number of carbonyl (C=O) groups is 4. The molecule has 0 aromatic rings. The average Bonchev–Trinajstić information content (AvgIpc) is 0.920. The van der Waals surface area contributed by atoms with Crippen molar-refractivity contribution >= 4 is 39.5 Å². The van der Waals surface area contributed by atoms with Gasteiger partial charge >= 0.3 is 39.5 Å². The largest absolute Gasteiger partial charge is 0.472 e.